The predicted molar refractivity (Wildman–Crippen MR) is 82.9 cm³/mol. The Kier molecular flexibility index (Phi) is 3.31. The van der Waals surface area contributed by atoms with Crippen LogP contribution in [0.2, 0.25) is 0 Å². The van der Waals surface area contributed by atoms with Crippen LogP contribution < -0.4 is 0 Å². The maximum Gasteiger partial charge on any atom is 0.0360 e. The Morgan fingerprint density at radius 2 is 1.61 bits per heavy atom. The summed E-state index contributed by atoms with van der Waals surface area (Å²) in [7, 11) is 0. The van der Waals surface area contributed by atoms with Crippen molar-refractivity contribution in [3.05, 3.63) is 70.5 Å². The maximum absolute atomic E-state index is 3.67. The number of thiophene rings is 1. The Morgan fingerprint density at radius 3 is 2.33 bits per heavy atom. The molecule has 18 heavy (non-hydrogen) atoms. The van der Waals surface area contributed by atoms with Gasteiger partial charge in [-0.1, -0.05) is 64.5 Å². The van der Waals surface area contributed by atoms with Crippen molar-refractivity contribution in [2.75, 3.05) is 0 Å². The van der Waals surface area contributed by atoms with Crippen molar-refractivity contribution in [1.29, 1.82) is 0 Å². The van der Waals surface area contributed by atoms with E-state index in [-0.39, 0.29) is 0 Å². The summed E-state index contributed by atoms with van der Waals surface area (Å²) in [6.45, 7) is 0. The highest BCUT2D eigenvalue weighted by Crippen LogP contribution is 2.39. The maximum atomic E-state index is 3.67. The van der Waals surface area contributed by atoms with Crippen LogP contribution in [0, 0.1) is 0 Å². The van der Waals surface area contributed by atoms with E-state index in [1.165, 1.54) is 21.6 Å². The zero-order valence-corrected chi connectivity index (χ0v) is 12.0. The fourth-order valence-electron chi connectivity index (χ4n) is 2.05. The third-order valence-electron chi connectivity index (χ3n) is 2.87. The Hall–Kier alpha value is -1.38. The SMILES string of the molecule is Brc1cccc(-c2ccccc2)c1-c1cccs1. The van der Waals surface area contributed by atoms with E-state index in [0.29, 0.717) is 0 Å². The van der Waals surface area contributed by atoms with Gasteiger partial charge in [0.1, 0.15) is 0 Å². The molecule has 0 atom stereocenters. The van der Waals surface area contributed by atoms with Crippen LogP contribution in [0.5, 0.6) is 0 Å². The molecule has 2 aromatic carbocycles. The minimum absolute atomic E-state index is 1.14. The minimum Gasteiger partial charge on any atom is -0.144 e. The van der Waals surface area contributed by atoms with E-state index in [1.807, 2.05) is 6.07 Å². The Labute approximate surface area is 119 Å². The van der Waals surface area contributed by atoms with Crippen molar-refractivity contribution in [2.24, 2.45) is 0 Å². The summed E-state index contributed by atoms with van der Waals surface area (Å²) in [5.74, 6) is 0. The molecule has 2 heteroatoms. The van der Waals surface area contributed by atoms with Gasteiger partial charge in [-0.25, -0.2) is 0 Å². The number of rotatable bonds is 2. The molecule has 0 aliphatic rings. The van der Waals surface area contributed by atoms with E-state index in [4.69, 9.17) is 0 Å². The molecule has 0 bridgehead atoms. The summed E-state index contributed by atoms with van der Waals surface area (Å²) in [4.78, 5) is 1.29. The van der Waals surface area contributed by atoms with Crippen LogP contribution in [0.3, 0.4) is 0 Å². The molecule has 0 aliphatic heterocycles. The Balaban J connectivity index is 2.25. The van der Waals surface area contributed by atoms with Gasteiger partial charge < -0.3 is 0 Å². The summed E-state index contributed by atoms with van der Waals surface area (Å²) in [5, 5.41) is 2.11. The third kappa shape index (κ3) is 2.14. The topological polar surface area (TPSA) is 0 Å². The first kappa shape index (κ1) is 11.7. The minimum atomic E-state index is 1.14. The van der Waals surface area contributed by atoms with E-state index in [1.54, 1.807) is 11.3 Å². The normalized spacial score (nSPS) is 10.5. The summed E-state index contributed by atoms with van der Waals surface area (Å²) < 4.78 is 1.14. The molecular formula is C16H11BrS. The van der Waals surface area contributed by atoms with Gasteiger partial charge in [-0.15, -0.1) is 11.3 Å². The van der Waals surface area contributed by atoms with E-state index in [2.05, 4.69) is 75.9 Å². The second kappa shape index (κ2) is 5.09. The molecule has 0 aliphatic carbocycles. The lowest BCUT2D eigenvalue weighted by atomic mass is 9.99. The van der Waals surface area contributed by atoms with E-state index >= 15 is 0 Å². The average molecular weight is 315 g/mol. The molecule has 0 spiro atoms. The second-order valence-electron chi connectivity index (χ2n) is 4.01. The van der Waals surface area contributed by atoms with Crippen molar-refractivity contribution >= 4 is 27.3 Å². The molecule has 1 heterocycles. The summed E-state index contributed by atoms with van der Waals surface area (Å²) in [6.07, 6.45) is 0. The summed E-state index contributed by atoms with van der Waals surface area (Å²) in [5.41, 5.74) is 3.80. The van der Waals surface area contributed by atoms with Crippen molar-refractivity contribution in [3.8, 4) is 21.6 Å². The van der Waals surface area contributed by atoms with E-state index in [9.17, 15) is 0 Å². The highest BCUT2D eigenvalue weighted by molar-refractivity contribution is 9.10. The van der Waals surface area contributed by atoms with Gasteiger partial charge in [-0.2, -0.15) is 0 Å². The van der Waals surface area contributed by atoms with Gasteiger partial charge in [-0.05, 0) is 28.6 Å². The monoisotopic (exact) mass is 314 g/mol. The molecule has 0 fully saturated rings. The zero-order valence-electron chi connectivity index (χ0n) is 9.64. The van der Waals surface area contributed by atoms with Crippen LogP contribution in [-0.2, 0) is 0 Å². The molecule has 0 radical (unpaired) electrons. The van der Waals surface area contributed by atoms with Crippen molar-refractivity contribution in [1.82, 2.24) is 0 Å². The van der Waals surface area contributed by atoms with Gasteiger partial charge in [0.05, 0.1) is 0 Å². The first-order chi connectivity index (χ1) is 8.86. The van der Waals surface area contributed by atoms with E-state index in [0.717, 1.165) is 4.47 Å². The van der Waals surface area contributed by atoms with Gasteiger partial charge in [-0.3, -0.25) is 0 Å². The van der Waals surface area contributed by atoms with Crippen LogP contribution in [0.25, 0.3) is 21.6 Å². The first-order valence-corrected chi connectivity index (χ1v) is 7.41. The number of hydrogen-bond acceptors (Lipinski definition) is 1. The molecule has 0 unspecified atom stereocenters. The van der Waals surface area contributed by atoms with Crippen LogP contribution in [0.1, 0.15) is 0 Å². The molecule has 3 rings (SSSR count). The molecule has 0 saturated carbocycles. The molecule has 0 N–H and O–H groups in total. The zero-order chi connectivity index (χ0) is 12.4. The van der Waals surface area contributed by atoms with Crippen LogP contribution in [-0.4, -0.2) is 0 Å². The summed E-state index contributed by atoms with van der Waals surface area (Å²) >= 11 is 5.44. The van der Waals surface area contributed by atoms with E-state index < -0.39 is 0 Å². The van der Waals surface area contributed by atoms with Crippen LogP contribution >= 0.6 is 27.3 Å². The quantitative estimate of drug-likeness (QED) is 0.557. The van der Waals surface area contributed by atoms with Crippen molar-refractivity contribution in [2.45, 2.75) is 0 Å². The predicted octanol–water partition coefficient (Wildman–Crippen LogP) is 5.84. The smallest absolute Gasteiger partial charge is 0.0360 e. The lowest BCUT2D eigenvalue weighted by Gasteiger charge is -2.10. The first-order valence-electron chi connectivity index (χ1n) is 5.74. The molecule has 0 amide bonds. The molecule has 0 saturated heterocycles. The molecular weight excluding hydrogens is 304 g/mol. The van der Waals surface area contributed by atoms with Gasteiger partial charge >= 0.3 is 0 Å². The highest BCUT2D eigenvalue weighted by atomic mass is 79.9. The number of benzene rings is 2. The van der Waals surface area contributed by atoms with Crippen LogP contribution in [0.15, 0.2) is 70.5 Å². The third-order valence-corrected chi connectivity index (χ3v) is 4.41. The second-order valence-corrected chi connectivity index (χ2v) is 5.81. The van der Waals surface area contributed by atoms with Gasteiger partial charge in [0.25, 0.3) is 0 Å². The van der Waals surface area contributed by atoms with Gasteiger partial charge in [0, 0.05) is 14.9 Å². The average Bonchev–Trinajstić information content (AvgIpc) is 2.93. The lowest BCUT2D eigenvalue weighted by molar-refractivity contribution is 1.59. The Bertz CT molecular complexity index is 642. The molecule has 1 aromatic heterocycles. The highest BCUT2D eigenvalue weighted by Gasteiger charge is 2.11. The molecule has 88 valence electrons. The number of halogens is 1. The fraction of sp³-hybridized carbons (Fsp3) is 0. The van der Waals surface area contributed by atoms with Gasteiger partial charge in [0.2, 0.25) is 0 Å². The van der Waals surface area contributed by atoms with Gasteiger partial charge in [0.15, 0.2) is 0 Å². The summed E-state index contributed by atoms with van der Waals surface area (Å²) in [6, 6.07) is 21.1. The van der Waals surface area contributed by atoms with Crippen molar-refractivity contribution in [3.63, 3.8) is 0 Å². The fourth-order valence-corrected chi connectivity index (χ4v) is 3.56. The standard InChI is InChI=1S/C16H11BrS/c17-14-9-4-8-13(12-6-2-1-3-7-12)16(14)15-10-5-11-18-15/h1-11H. The van der Waals surface area contributed by atoms with Crippen molar-refractivity contribution < 1.29 is 0 Å². The van der Waals surface area contributed by atoms with Crippen LogP contribution in [0.4, 0.5) is 0 Å². The Morgan fingerprint density at radius 1 is 0.778 bits per heavy atom. The molecule has 3 aromatic rings. The lowest BCUT2D eigenvalue weighted by Crippen LogP contribution is -1.84. The largest absolute Gasteiger partial charge is 0.144 e. The number of hydrogen-bond donors (Lipinski definition) is 0. The molecule has 0 nitrogen and oxygen atoms in total.